The summed E-state index contributed by atoms with van der Waals surface area (Å²) in [7, 11) is -3.74. The third-order valence-electron chi connectivity index (χ3n) is 2.52. The van der Waals surface area contributed by atoms with Crippen molar-refractivity contribution >= 4 is 50.2 Å². The van der Waals surface area contributed by atoms with Gasteiger partial charge in [0, 0.05) is 12.6 Å². The van der Waals surface area contributed by atoms with E-state index in [2.05, 4.69) is 15.0 Å². The number of thiazole rings is 1. The molecule has 2 N–H and O–H groups in total. The fourth-order valence-corrected chi connectivity index (χ4v) is 3.92. The van der Waals surface area contributed by atoms with E-state index < -0.39 is 10.0 Å². The highest BCUT2D eigenvalue weighted by atomic mass is 35.5. The number of rotatable bonds is 4. The number of amides is 1. The van der Waals surface area contributed by atoms with Crippen LogP contribution in [0.25, 0.3) is 0 Å². The molecule has 6 nitrogen and oxygen atoms in total. The summed E-state index contributed by atoms with van der Waals surface area (Å²) in [5.74, 6) is -0.229. The van der Waals surface area contributed by atoms with Crippen LogP contribution in [-0.4, -0.2) is 19.3 Å². The molecular formula is C12H12ClN3O3S2. The minimum absolute atomic E-state index is 0.0224. The van der Waals surface area contributed by atoms with Gasteiger partial charge in [0.05, 0.1) is 11.9 Å². The SMILES string of the molecule is CC(=O)Nc1cc(NS(=O)(=O)c2cnc(Cl)s2)ccc1C. The van der Waals surface area contributed by atoms with Crippen molar-refractivity contribution in [2.24, 2.45) is 0 Å². The lowest BCUT2D eigenvalue weighted by molar-refractivity contribution is -0.114. The maximum Gasteiger partial charge on any atom is 0.273 e. The van der Waals surface area contributed by atoms with Crippen LogP contribution in [0.2, 0.25) is 4.47 Å². The van der Waals surface area contributed by atoms with Gasteiger partial charge in [-0.15, -0.1) is 0 Å². The van der Waals surface area contributed by atoms with Gasteiger partial charge in [-0.2, -0.15) is 0 Å². The van der Waals surface area contributed by atoms with Crippen LogP contribution >= 0.6 is 22.9 Å². The van der Waals surface area contributed by atoms with E-state index in [0.29, 0.717) is 11.4 Å². The van der Waals surface area contributed by atoms with Crippen molar-refractivity contribution in [2.45, 2.75) is 18.1 Å². The molecule has 21 heavy (non-hydrogen) atoms. The Hall–Kier alpha value is -1.64. The number of nitrogens with zero attached hydrogens (tertiary/aromatic N) is 1. The summed E-state index contributed by atoms with van der Waals surface area (Å²) >= 11 is 6.51. The molecule has 0 unspecified atom stereocenters. The molecule has 0 radical (unpaired) electrons. The van der Waals surface area contributed by atoms with Crippen LogP contribution < -0.4 is 10.0 Å². The normalized spacial score (nSPS) is 11.2. The number of carbonyl (C=O) groups is 1. The van der Waals surface area contributed by atoms with E-state index in [0.717, 1.165) is 16.9 Å². The molecule has 0 aliphatic heterocycles. The summed E-state index contributed by atoms with van der Waals surface area (Å²) in [6, 6.07) is 4.88. The van der Waals surface area contributed by atoms with Gasteiger partial charge in [0.2, 0.25) is 5.91 Å². The van der Waals surface area contributed by atoms with E-state index in [4.69, 9.17) is 11.6 Å². The van der Waals surface area contributed by atoms with Crippen molar-refractivity contribution < 1.29 is 13.2 Å². The van der Waals surface area contributed by atoms with Crippen molar-refractivity contribution in [2.75, 3.05) is 10.0 Å². The molecule has 0 spiro atoms. The van der Waals surface area contributed by atoms with E-state index in [1.54, 1.807) is 18.2 Å². The molecule has 1 heterocycles. The van der Waals surface area contributed by atoms with Gasteiger partial charge in [0.15, 0.2) is 8.68 Å². The van der Waals surface area contributed by atoms with E-state index in [1.807, 2.05) is 6.92 Å². The molecule has 0 saturated heterocycles. The Kier molecular flexibility index (Phi) is 4.50. The third-order valence-corrected chi connectivity index (χ3v) is 5.48. The quantitative estimate of drug-likeness (QED) is 0.891. The van der Waals surface area contributed by atoms with Crippen molar-refractivity contribution in [3.63, 3.8) is 0 Å². The average Bonchev–Trinajstić information content (AvgIpc) is 2.80. The zero-order valence-corrected chi connectivity index (χ0v) is 13.6. The minimum atomic E-state index is -3.74. The first-order chi connectivity index (χ1) is 9.78. The molecule has 0 bridgehead atoms. The second-order valence-electron chi connectivity index (χ2n) is 4.25. The molecule has 0 saturated carbocycles. The number of aryl methyl sites for hydroxylation is 1. The Morgan fingerprint density at radius 3 is 2.67 bits per heavy atom. The van der Waals surface area contributed by atoms with Crippen LogP contribution in [0.5, 0.6) is 0 Å². The molecule has 0 atom stereocenters. The van der Waals surface area contributed by atoms with Gasteiger partial charge in [-0.1, -0.05) is 29.0 Å². The van der Waals surface area contributed by atoms with Gasteiger partial charge in [-0.25, -0.2) is 13.4 Å². The van der Waals surface area contributed by atoms with Gasteiger partial charge in [-0.05, 0) is 24.6 Å². The average molecular weight is 346 g/mol. The highest BCUT2D eigenvalue weighted by Gasteiger charge is 2.18. The van der Waals surface area contributed by atoms with Gasteiger partial charge < -0.3 is 5.32 Å². The number of hydrogen-bond acceptors (Lipinski definition) is 5. The molecule has 0 aliphatic carbocycles. The first kappa shape index (κ1) is 15.7. The number of anilines is 2. The fourth-order valence-electron chi connectivity index (χ4n) is 1.58. The maximum atomic E-state index is 12.1. The Labute approximate surface area is 131 Å². The van der Waals surface area contributed by atoms with Crippen LogP contribution in [0.15, 0.2) is 28.6 Å². The Balaban J connectivity index is 2.29. The first-order valence-electron chi connectivity index (χ1n) is 5.80. The second-order valence-corrected chi connectivity index (χ2v) is 7.77. The van der Waals surface area contributed by atoms with Crippen LogP contribution in [0.1, 0.15) is 12.5 Å². The summed E-state index contributed by atoms with van der Waals surface area (Å²) in [5.41, 5.74) is 1.72. The minimum Gasteiger partial charge on any atom is -0.326 e. The lowest BCUT2D eigenvalue weighted by Gasteiger charge is -2.10. The van der Waals surface area contributed by atoms with Crippen molar-refractivity contribution in [1.82, 2.24) is 4.98 Å². The summed E-state index contributed by atoms with van der Waals surface area (Å²) < 4.78 is 26.9. The maximum absolute atomic E-state index is 12.1. The zero-order chi connectivity index (χ0) is 15.6. The van der Waals surface area contributed by atoms with E-state index in [1.165, 1.54) is 13.1 Å². The van der Waals surface area contributed by atoms with Gasteiger partial charge in [-0.3, -0.25) is 9.52 Å². The summed E-state index contributed by atoms with van der Waals surface area (Å²) in [6.45, 7) is 3.20. The van der Waals surface area contributed by atoms with Crippen LogP contribution in [0, 0.1) is 6.92 Å². The lowest BCUT2D eigenvalue weighted by atomic mass is 10.2. The molecule has 1 aromatic heterocycles. The molecule has 9 heteroatoms. The second kappa shape index (κ2) is 6.00. The zero-order valence-electron chi connectivity index (χ0n) is 11.2. The van der Waals surface area contributed by atoms with E-state index >= 15 is 0 Å². The summed E-state index contributed by atoms with van der Waals surface area (Å²) in [6.07, 6.45) is 1.19. The number of halogens is 1. The van der Waals surface area contributed by atoms with Crippen LogP contribution in [0.4, 0.5) is 11.4 Å². The predicted molar refractivity (Wildman–Crippen MR) is 83.4 cm³/mol. The van der Waals surface area contributed by atoms with Gasteiger partial charge >= 0.3 is 0 Å². The van der Waals surface area contributed by atoms with Crippen molar-refractivity contribution in [3.05, 3.63) is 34.4 Å². The van der Waals surface area contributed by atoms with Crippen LogP contribution in [-0.2, 0) is 14.8 Å². The fraction of sp³-hybridized carbons (Fsp3) is 0.167. The Bertz CT molecular complexity index is 787. The topological polar surface area (TPSA) is 88.2 Å². The Morgan fingerprint density at radius 1 is 1.38 bits per heavy atom. The Morgan fingerprint density at radius 2 is 2.10 bits per heavy atom. The number of aromatic nitrogens is 1. The van der Waals surface area contributed by atoms with Gasteiger partial charge in [0.25, 0.3) is 10.0 Å². The van der Waals surface area contributed by atoms with Crippen LogP contribution in [0.3, 0.4) is 0 Å². The number of nitrogens with one attached hydrogen (secondary N) is 2. The number of sulfonamides is 1. The molecular weight excluding hydrogens is 334 g/mol. The highest BCUT2D eigenvalue weighted by Crippen LogP contribution is 2.26. The van der Waals surface area contributed by atoms with Crippen molar-refractivity contribution in [1.29, 1.82) is 0 Å². The van der Waals surface area contributed by atoms with E-state index in [9.17, 15) is 13.2 Å². The first-order valence-corrected chi connectivity index (χ1v) is 8.48. The molecule has 0 fully saturated rings. The summed E-state index contributed by atoms with van der Waals surface area (Å²) in [5, 5.41) is 2.64. The third kappa shape index (κ3) is 3.93. The molecule has 1 amide bonds. The van der Waals surface area contributed by atoms with Crippen molar-refractivity contribution in [3.8, 4) is 0 Å². The molecule has 112 valence electrons. The molecule has 1 aromatic carbocycles. The van der Waals surface area contributed by atoms with Gasteiger partial charge in [0.1, 0.15) is 0 Å². The van der Waals surface area contributed by atoms with E-state index in [-0.39, 0.29) is 14.6 Å². The number of hydrogen-bond donors (Lipinski definition) is 2. The standard InChI is InChI=1S/C12H12ClN3O3S2/c1-7-3-4-9(5-10(7)15-8(2)17)16-21(18,19)11-6-14-12(13)20-11/h3-6,16H,1-2H3,(H,15,17). The molecule has 2 rings (SSSR count). The molecule has 0 aliphatic rings. The number of benzene rings is 1. The smallest absolute Gasteiger partial charge is 0.273 e. The summed E-state index contributed by atoms with van der Waals surface area (Å²) in [4.78, 5) is 14.8. The number of carbonyl (C=O) groups excluding carboxylic acids is 1. The largest absolute Gasteiger partial charge is 0.326 e. The lowest BCUT2D eigenvalue weighted by Crippen LogP contribution is -2.12. The monoisotopic (exact) mass is 345 g/mol. The molecule has 2 aromatic rings. The predicted octanol–water partition coefficient (Wildman–Crippen LogP) is 2.86. The highest BCUT2D eigenvalue weighted by molar-refractivity contribution is 7.94.